The predicted octanol–water partition coefficient (Wildman–Crippen LogP) is 2.07. The number of phenols is 1. The van der Waals surface area contributed by atoms with E-state index in [4.69, 9.17) is 0 Å². The van der Waals surface area contributed by atoms with Crippen molar-refractivity contribution < 1.29 is 19.8 Å². The van der Waals surface area contributed by atoms with Crippen LogP contribution in [0.4, 0.5) is 0 Å². The molecule has 140 valence electrons. The molecule has 1 atom stereocenters. The molecule has 0 radical (unpaired) electrons. The molecule has 1 aromatic carbocycles. The molecule has 1 spiro atoms. The molecule has 26 heavy (non-hydrogen) atoms. The van der Waals surface area contributed by atoms with Gasteiger partial charge in [-0.3, -0.25) is 14.5 Å². The van der Waals surface area contributed by atoms with E-state index in [1.165, 1.54) is 0 Å². The molecule has 0 aromatic heterocycles. The number of likely N-dealkylation sites (tertiary alicyclic amines) is 2. The topological polar surface area (TPSA) is 81.1 Å². The van der Waals surface area contributed by atoms with Crippen molar-refractivity contribution in [2.24, 2.45) is 11.3 Å². The highest BCUT2D eigenvalue weighted by atomic mass is 16.4. The zero-order valence-corrected chi connectivity index (χ0v) is 14.9. The molecule has 4 rings (SSSR count). The first-order valence-corrected chi connectivity index (χ1v) is 9.49. The molecule has 6 nitrogen and oxygen atoms in total. The molecule has 1 amide bonds. The number of amides is 1. The Morgan fingerprint density at radius 3 is 2.54 bits per heavy atom. The number of phenolic OH excluding ortho intramolecular Hbond substituents is 1. The second-order valence-electron chi connectivity index (χ2n) is 8.23. The number of nitrogens with zero attached hydrogens (tertiary/aromatic N) is 2. The smallest absolute Gasteiger partial charge is 0.320 e. The fourth-order valence-electron chi connectivity index (χ4n) is 4.60. The third-order valence-electron chi connectivity index (χ3n) is 6.25. The monoisotopic (exact) mass is 358 g/mol. The highest BCUT2D eigenvalue weighted by Gasteiger charge is 2.49. The molecule has 1 aromatic rings. The molecule has 1 aliphatic carbocycles. The van der Waals surface area contributed by atoms with Gasteiger partial charge in [0.25, 0.3) is 0 Å². The number of aliphatic carboxylic acids is 1. The lowest BCUT2D eigenvalue weighted by Crippen LogP contribution is -2.44. The molecule has 3 fully saturated rings. The molecule has 0 unspecified atom stereocenters. The molecular formula is C20H26N2O4. The number of carboxylic acids is 1. The maximum absolute atomic E-state index is 12.3. The Balaban J connectivity index is 1.44. The van der Waals surface area contributed by atoms with E-state index in [0.717, 1.165) is 50.9 Å². The van der Waals surface area contributed by atoms with E-state index in [1.54, 1.807) is 18.2 Å². The quantitative estimate of drug-likeness (QED) is 0.861. The third-order valence-corrected chi connectivity index (χ3v) is 6.25. The van der Waals surface area contributed by atoms with Crippen LogP contribution in [-0.4, -0.2) is 57.6 Å². The highest BCUT2D eigenvalue weighted by Crippen LogP contribution is 2.45. The summed E-state index contributed by atoms with van der Waals surface area (Å²) in [6.07, 6.45) is 4.46. The second kappa shape index (κ2) is 6.58. The van der Waals surface area contributed by atoms with Gasteiger partial charge in [-0.15, -0.1) is 0 Å². The number of carbonyl (C=O) groups is 2. The Kier molecular flexibility index (Phi) is 4.39. The van der Waals surface area contributed by atoms with Crippen LogP contribution in [-0.2, 0) is 16.1 Å². The lowest BCUT2D eigenvalue weighted by molar-refractivity contribution is -0.142. The second-order valence-corrected chi connectivity index (χ2v) is 8.23. The number of carboxylic acid groups (broad SMARTS) is 1. The Morgan fingerprint density at radius 1 is 1.19 bits per heavy atom. The lowest BCUT2D eigenvalue weighted by atomic mass is 9.76. The number of hydrogen-bond acceptors (Lipinski definition) is 4. The number of piperidine rings is 1. The van der Waals surface area contributed by atoms with E-state index in [2.05, 4.69) is 0 Å². The van der Waals surface area contributed by atoms with Gasteiger partial charge in [-0.1, -0.05) is 12.1 Å². The van der Waals surface area contributed by atoms with Gasteiger partial charge in [-0.25, -0.2) is 0 Å². The zero-order valence-electron chi connectivity index (χ0n) is 14.9. The summed E-state index contributed by atoms with van der Waals surface area (Å²) in [4.78, 5) is 28.1. The highest BCUT2D eigenvalue weighted by molar-refractivity contribution is 5.81. The summed E-state index contributed by atoms with van der Waals surface area (Å²) in [5.41, 5.74) is 0.912. The SMILES string of the molecule is O=C(O)[C@@H]1CC2(CCN(C(=O)C3CC3)CC2)CN1Cc1cccc(O)c1. The normalized spacial score (nSPS) is 25.5. The standard InChI is InChI=1S/C20H26N2O4/c23-16-3-1-2-14(10-16)12-22-13-20(11-17(22)19(25)26)6-8-21(9-7-20)18(24)15-4-5-15/h1-3,10,15,17,23H,4-9,11-13H2,(H,25,26)/t17-/m0/s1. The number of rotatable bonds is 4. The number of hydrogen-bond donors (Lipinski definition) is 2. The van der Waals surface area contributed by atoms with Crippen molar-refractivity contribution in [2.45, 2.75) is 44.7 Å². The predicted molar refractivity (Wildman–Crippen MR) is 95.5 cm³/mol. The maximum Gasteiger partial charge on any atom is 0.320 e. The summed E-state index contributed by atoms with van der Waals surface area (Å²) in [6, 6.07) is 6.52. The fraction of sp³-hybridized carbons (Fsp3) is 0.600. The summed E-state index contributed by atoms with van der Waals surface area (Å²) in [5, 5.41) is 19.4. The van der Waals surface area contributed by atoms with Crippen LogP contribution in [0, 0.1) is 11.3 Å². The summed E-state index contributed by atoms with van der Waals surface area (Å²) in [6.45, 7) is 2.77. The fourth-order valence-corrected chi connectivity index (χ4v) is 4.60. The van der Waals surface area contributed by atoms with Crippen molar-refractivity contribution in [1.82, 2.24) is 9.80 Å². The number of benzene rings is 1. The van der Waals surface area contributed by atoms with Gasteiger partial charge in [0.05, 0.1) is 0 Å². The summed E-state index contributed by atoms with van der Waals surface area (Å²) < 4.78 is 0. The molecule has 2 N–H and O–H groups in total. The van der Waals surface area contributed by atoms with Crippen LogP contribution in [0.15, 0.2) is 24.3 Å². The Bertz CT molecular complexity index is 708. The van der Waals surface area contributed by atoms with Gasteiger partial charge in [0.2, 0.25) is 5.91 Å². The first-order valence-electron chi connectivity index (χ1n) is 9.49. The van der Waals surface area contributed by atoms with E-state index in [-0.39, 0.29) is 17.1 Å². The molecule has 2 heterocycles. The lowest BCUT2D eigenvalue weighted by Gasteiger charge is -2.39. The first kappa shape index (κ1) is 17.3. The van der Waals surface area contributed by atoms with E-state index >= 15 is 0 Å². The summed E-state index contributed by atoms with van der Waals surface area (Å²) >= 11 is 0. The van der Waals surface area contributed by atoms with E-state index in [9.17, 15) is 19.8 Å². The first-order chi connectivity index (χ1) is 12.5. The third kappa shape index (κ3) is 3.43. The van der Waals surface area contributed by atoms with Gasteiger partial charge in [0.1, 0.15) is 11.8 Å². The van der Waals surface area contributed by atoms with E-state index in [0.29, 0.717) is 18.9 Å². The summed E-state index contributed by atoms with van der Waals surface area (Å²) in [5.74, 6) is -0.0282. The Morgan fingerprint density at radius 2 is 1.92 bits per heavy atom. The van der Waals surface area contributed by atoms with Crippen molar-refractivity contribution in [3.8, 4) is 5.75 Å². The van der Waals surface area contributed by atoms with Crippen molar-refractivity contribution in [3.05, 3.63) is 29.8 Å². The maximum atomic E-state index is 12.3. The summed E-state index contributed by atoms with van der Waals surface area (Å²) in [7, 11) is 0. The van der Waals surface area contributed by atoms with Gasteiger partial charge in [-0.05, 0) is 55.2 Å². The van der Waals surface area contributed by atoms with E-state index < -0.39 is 12.0 Å². The van der Waals surface area contributed by atoms with E-state index in [1.807, 2.05) is 15.9 Å². The Labute approximate surface area is 153 Å². The van der Waals surface area contributed by atoms with Gasteiger partial charge in [0, 0.05) is 32.1 Å². The van der Waals surface area contributed by atoms with Crippen LogP contribution in [0.25, 0.3) is 0 Å². The molecule has 6 heteroatoms. The molecule has 1 saturated carbocycles. The van der Waals surface area contributed by atoms with Gasteiger partial charge in [0.15, 0.2) is 0 Å². The van der Waals surface area contributed by atoms with Crippen LogP contribution in [0.3, 0.4) is 0 Å². The molecule has 2 aliphatic heterocycles. The van der Waals surface area contributed by atoms with Gasteiger partial charge >= 0.3 is 5.97 Å². The van der Waals surface area contributed by atoms with Crippen molar-refractivity contribution in [1.29, 1.82) is 0 Å². The van der Waals surface area contributed by atoms with Crippen molar-refractivity contribution in [3.63, 3.8) is 0 Å². The van der Waals surface area contributed by atoms with Gasteiger partial charge in [-0.2, -0.15) is 0 Å². The minimum Gasteiger partial charge on any atom is -0.508 e. The number of carbonyl (C=O) groups excluding carboxylic acids is 1. The Hall–Kier alpha value is -2.08. The van der Waals surface area contributed by atoms with Crippen LogP contribution in [0.2, 0.25) is 0 Å². The average molecular weight is 358 g/mol. The zero-order chi connectivity index (χ0) is 18.3. The average Bonchev–Trinajstić information content (AvgIpc) is 3.39. The minimum atomic E-state index is -0.779. The van der Waals surface area contributed by atoms with Crippen molar-refractivity contribution >= 4 is 11.9 Å². The molecule has 0 bridgehead atoms. The van der Waals surface area contributed by atoms with Crippen LogP contribution < -0.4 is 0 Å². The molecule has 2 saturated heterocycles. The van der Waals surface area contributed by atoms with Crippen LogP contribution in [0.5, 0.6) is 5.75 Å². The van der Waals surface area contributed by atoms with Gasteiger partial charge < -0.3 is 15.1 Å². The van der Waals surface area contributed by atoms with Crippen molar-refractivity contribution in [2.75, 3.05) is 19.6 Å². The minimum absolute atomic E-state index is 0.0137. The largest absolute Gasteiger partial charge is 0.508 e. The number of aromatic hydroxyl groups is 1. The van der Waals surface area contributed by atoms with Crippen LogP contribution in [0.1, 0.15) is 37.7 Å². The molecular weight excluding hydrogens is 332 g/mol. The van der Waals surface area contributed by atoms with Crippen LogP contribution >= 0.6 is 0 Å². The molecule has 3 aliphatic rings.